The molecule has 0 aromatic heterocycles. The summed E-state index contributed by atoms with van der Waals surface area (Å²) in [5.41, 5.74) is 0.158. The fraction of sp³-hybridized carbons (Fsp3) is 0. The van der Waals surface area contributed by atoms with Gasteiger partial charge in [0, 0.05) is 4.47 Å². The highest BCUT2D eigenvalue weighted by Gasteiger charge is 2.16. The van der Waals surface area contributed by atoms with E-state index in [1.165, 1.54) is 0 Å². The lowest BCUT2D eigenvalue weighted by Gasteiger charge is -2.09. The van der Waals surface area contributed by atoms with Crippen LogP contribution < -0.4 is 5.32 Å². The largest absolute Gasteiger partial charge is 0.321 e. The zero-order valence-corrected chi connectivity index (χ0v) is 12.8. The molecule has 1 N–H and O–H groups in total. The highest BCUT2D eigenvalue weighted by atomic mass is 79.9. The standard InChI is InChI=1S/C13H6BrCl2F2NO/c14-6-1-2-12(9(16)3-6)19-13(20)7-4-10(17)11(18)5-8(7)15/h1-5H,(H,19,20). The number of amides is 1. The van der Waals surface area contributed by atoms with Crippen LogP contribution in [0.4, 0.5) is 14.5 Å². The van der Waals surface area contributed by atoms with Gasteiger partial charge in [-0.25, -0.2) is 8.78 Å². The lowest BCUT2D eigenvalue weighted by molar-refractivity contribution is 0.102. The van der Waals surface area contributed by atoms with Crippen LogP contribution in [0.5, 0.6) is 0 Å². The first kappa shape index (κ1) is 15.2. The first-order chi connectivity index (χ1) is 9.38. The Morgan fingerprint density at radius 2 is 1.70 bits per heavy atom. The minimum atomic E-state index is -1.15. The van der Waals surface area contributed by atoms with Crippen molar-refractivity contribution in [3.63, 3.8) is 0 Å². The summed E-state index contributed by atoms with van der Waals surface area (Å²) < 4.78 is 26.8. The first-order valence-electron chi connectivity index (χ1n) is 5.29. The number of benzene rings is 2. The van der Waals surface area contributed by atoms with E-state index >= 15 is 0 Å². The Bertz CT molecular complexity index is 694. The van der Waals surface area contributed by atoms with Crippen molar-refractivity contribution in [1.82, 2.24) is 0 Å². The van der Waals surface area contributed by atoms with E-state index in [2.05, 4.69) is 21.2 Å². The number of carbonyl (C=O) groups excluding carboxylic acids is 1. The van der Waals surface area contributed by atoms with Gasteiger partial charge in [0.1, 0.15) is 0 Å². The number of halogens is 5. The molecule has 0 bridgehead atoms. The van der Waals surface area contributed by atoms with Gasteiger partial charge in [0.15, 0.2) is 11.6 Å². The van der Waals surface area contributed by atoms with Gasteiger partial charge >= 0.3 is 0 Å². The fourth-order valence-electron chi connectivity index (χ4n) is 1.48. The molecule has 0 aliphatic rings. The van der Waals surface area contributed by atoms with Gasteiger partial charge in [-0.15, -0.1) is 0 Å². The van der Waals surface area contributed by atoms with Crippen LogP contribution >= 0.6 is 39.1 Å². The Kier molecular flexibility index (Phi) is 4.62. The minimum Gasteiger partial charge on any atom is -0.321 e. The summed E-state index contributed by atoms with van der Waals surface area (Å²) in [5, 5.41) is 2.59. The zero-order chi connectivity index (χ0) is 14.9. The van der Waals surface area contributed by atoms with Gasteiger partial charge in [-0.3, -0.25) is 4.79 Å². The van der Waals surface area contributed by atoms with Crippen molar-refractivity contribution in [2.24, 2.45) is 0 Å². The maximum atomic E-state index is 13.1. The monoisotopic (exact) mass is 379 g/mol. The van der Waals surface area contributed by atoms with E-state index in [0.29, 0.717) is 10.7 Å². The van der Waals surface area contributed by atoms with Crippen molar-refractivity contribution in [3.05, 3.63) is 62.0 Å². The molecule has 104 valence electrons. The van der Waals surface area contributed by atoms with E-state index in [0.717, 1.165) is 16.6 Å². The van der Waals surface area contributed by atoms with Crippen molar-refractivity contribution in [2.75, 3.05) is 5.32 Å². The summed E-state index contributed by atoms with van der Waals surface area (Å²) in [6.45, 7) is 0. The second-order valence-corrected chi connectivity index (χ2v) is 5.55. The highest BCUT2D eigenvalue weighted by Crippen LogP contribution is 2.27. The molecule has 0 unspecified atom stereocenters. The molecule has 0 heterocycles. The zero-order valence-electron chi connectivity index (χ0n) is 9.68. The Labute approximate surface area is 131 Å². The molecule has 2 aromatic rings. The molecule has 0 aliphatic heterocycles. The third-order valence-corrected chi connectivity index (χ3v) is 3.55. The molecule has 0 fully saturated rings. The van der Waals surface area contributed by atoms with Crippen molar-refractivity contribution in [3.8, 4) is 0 Å². The molecule has 0 spiro atoms. The van der Waals surface area contributed by atoms with E-state index in [1.807, 2.05) is 0 Å². The highest BCUT2D eigenvalue weighted by molar-refractivity contribution is 9.10. The molecule has 2 aromatic carbocycles. The number of carbonyl (C=O) groups is 1. The quantitative estimate of drug-likeness (QED) is 0.705. The summed E-state index contributed by atoms with van der Waals surface area (Å²) in [7, 11) is 0. The van der Waals surface area contributed by atoms with Gasteiger partial charge in [0.05, 0.1) is 21.3 Å². The Balaban J connectivity index is 2.31. The SMILES string of the molecule is O=C(Nc1ccc(Br)cc1Cl)c1cc(F)c(F)cc1Cl. The summed E-state index contributed by atoms with van der Waals surface area (Å²) >= 11 is 14.9. The van der Waals surface area contributed by atoms with Crippen molar-refractivity contribution in [1.29, 1.82) is 0 Å². The topological polar surface area (TPSA) is 29.1 Å². The van der Waals surface area contributed by atoms with Crippen molar-refractivity contribution >= 4 is 50.7 Å². The molecule has 0 radical (unpaired) electrons. The lowest BCUT2D eigenvalue weighted by Crippen LogP contribution is -2.13. The second kappa shape index (κ2) is 6.08. The van der Waals surface area contributed by atoms with Crippen LogP contribution in [0.25, 0.3) is 0 Å². The number of nitrogens with one attached hydrogen (secondary N) is 1. The Morgan fingerprint density at radius 3 is 2.35 bits per heavy atom. The van der Waals surface area contributed by atoms with E-state index in [1.54, 1.807) is 18.2 Å². The summed E-state index contributed by atoms with van der Waals surface area (Å²) in [4.78, 5) is 12.0. The summed E-state index contributed by atoms with van der Waals surface area (Å²) in [5.74, 6) is -2.95. The Hall–Kier alpha value is -1.17. The van der Waals surface area contributed by atoms with Gasteiger partial charge in [-0.05, 0) is 30.3 Å². The van der Waals surface area contributed by atoms with Crippen LogP contribution in [0.15, 0.2) is 34.8 Å². The van der Waals surface area contributed by atoms with Crippen LogP contribution in [0, 0.1) is 11.6 Å². The van der Waals surface area contributed by atoms with E-state index in [-0.39, 0.29) is 10.6 Å². The third-order valence-electron chi connectivity index (χ3n) is 2.43. The molecule has 2 nitrogen and oxygen atoms in total. The lowest BCUT2D eigenvalue weighted by atomic mass is 10.2. The van der Waals surface area contributed by atoms with E-state index in [9.17, 15) is 13.6 Å². The average Bonchev–Trinajstić information content (AvgIpc) is 2.37. The van der Waals surface area contributed by atoms with E-state index < -0.39 is 17.5 Å². The van der Waals surface area contributed by atoms with Crippen LogP contribution in [0.1, 0.15) is 10.4 Å². The Morgan fingerprint density at radius 1 is 1.05 bits per heavy atom. The summed E-state index contributed by atoms with van der Waals surface area (Å²) in [6.07, 6.45) is 0. The van der Waals surface area contributed by atoms with Crippen LogP contribution in [0.2, 0.25) is 10.0 Å². The number of anilines is 1. The number of hydrogen-bond acceptors (Lipinski definition) is 1. The molecule has 7 heteroatoms. The van der Waals surface area contributed by atoms with Crippen LogP contribution in [0.3, 0.4) is 0 Å². The normalized spacial score (nSPS) is 10.4. The van der Waals surface area contributed by atoms with Gasteiger partial charge < -0.3 is 5.32 Å². The molecule has 2 rings (SSSR count). The predicted octanol–water partition coefficient (Wildman–Crippen LogP) is 5.29. The maximum absolute atomic E-state index is 13.1. The maximum Gasteiger partial charge on any atom is 0.257 e. The van der Waals surface area contributed by atoms with Gasteiger partial charge in [-0.1, -0.05) is 39.1 Å². The van der Waals surface area contributed by atoms with Crippen LogP contribution in [-0.4, -0.2) is 5.91 Å². The van der Waals surface area contributed by atoms with Gasteiger partial charge in [0.25, 0.3) is 5.91 Å². The predicted molar refractivity (Wildman–Crippen MR) is 78.5 cm³/mol. The van der Waals surface area contributed by atoms with E-state index in [4.69, 9.17) is 23.2 Å². The van der Waals surface area contributed by atoms with Gasteiger partial charge in [-0.2, -0.15) is 0 Å². The molecule has 0 saturated heterocycles. The molecular formula is C13H6BrCl2F2NO. The molecule has 1 amide bonds. The number of rotatable bonds is 2. The van der Waals surface area contributed by atoms with Crippen LogP contribution in [-0.2, 0) is 0 Å². The van der Waals surface area contributed by atoms with Gasteiger partial charge in [0.2, 0.25) is 0 Å². The molecule has 0 saturated carbocycles. The van der Waals surface area contributed by atoms with Crippen molar-refractivity contribution in [2.45, 2.75) is 0 Å². The smallest absolute Gasteiger partial charge is 0.257 e. The second-order valence-electron chi connectivity index (χ2n) is 3.82. The first-order valence-corrected chi connectivity index (χ1v) is 6.84. The summed E-state index contributed by atoms with van der Waals surface area (Å²) in [6, 6.07) is 6.31. The fourth-order valence-corrected chi connectivity index (χ4v) is 2.43. The molecule has 0 atom stereocenters. The molecule has 0 aliphatic carbocycles. The number of hydrogen-bond donors (Lipinski definition) is 1. The third kappa shape index (κ3) is 3.29. The average molecular weight is 381 g/mol. The molecule has 20 heavy (non-hydrogen) atoms. The minimum absolute atomic E-state index is 0.176. The molecular weight excluding hydrogens is 375 g/mol. The van der Waals surface area contributed by atoms with Crippen molar-refractivity contribution < 1.29 is 13.6 Å².